The van der Waals surface area contributed by atoms with Gasteiger partial charge < -0.3 is 14.8 Å². The molecule has 6 nitrogen and oxygen atoms in total. The number of benzene rings is 2. The van der Waals surface area contributed by atoms with Gasteiger partial charge in [-0.25, -0.2) is 10.3 Å². The highest BCUT2D eigenvalue weighted by atomic mass is 16.7. The van der Waals surface area contributed by atoms with Crippen molar-refractivity contribution in [3.8, 4) is 11.5 Å². The topological polar surface area (TPSA) is 68.8 Å². The summed E-state index contributed by atoms with van der Waals surface area (Å²) in [6.45, 7) is 2.18. The van der Waals surface area contributed by atoms with E-state index in [9.17, 15) is 4.79 Å². The lowest BCUT2D eigenvalue weighted by molar-refractivity contribution is 0.0483. The highest BCUT2D eigenvalue weighted by Crippen LogP contribution is 2.29. The number of carbonyl (C=O) groups is 1. The van der Waals surface area contributed by atoms with E-state index < -0.39 is 6.03 Å². The molecule has 0 radical (unpaired) electrons. The van der Waals surface area contributed by atoms with Crippen LogP contribution in [0.5, 0.6) is 11.5 Å². The van der Waals surface area contributed by atoms with Gasteiger partial charge in [-0.1, -0.05) is 36.4 Å². The molecule has 0 aliphatic carbocycles. The number of amides is 2. The predicted octanol–water partition coefficient (Wildman–Crippen LogP) is 3.20. The fraction of sp³-hybridized carbons (Fsp3) is 0.278. The Morgan fingerprint density at radius 3 is 2.42 bits per heavy atom. The second kappa shape index (κ2) is 8.79. The minimum Gasteiger partial charge on any atom is -0.493 e. The van der Waals surface area contributed by atoms with Crippen LogP contribution in [0.1, 0.15) is 24.1 Å². The average molecular weight is 330 g/mol. The molecule has 2 amide bonds. The van der Waals surface area contributed by atoms with E-state index >= 15 is 0 Å². The molecule has 128 valence electrons. The third-order valence-electron chi connectivity index (χ3n) is 3.50. The minimum absolute atomic E-state index is 0.217. The SMILES string of the molecule is COc1ccc(C(C)NC(=O)NOCc2ccccc2)cc1OC. The van der Waals surface area contributed by atoms with Crippen LogP contribution in [-0.4, -0.2) is 20.3 Å². The summed E-state index contributed by atoms with van der Waals surface area (Å²) < 4.78 is 10.5. The fourth-order valence-corrected chi connectivity index (χ4v) is 2.19. The third-order valence-corrected chi connectivity index (χ3v) is 3.50. The van der Waals surface area contributed by atoms with E-state index in [0.29, 0.717) is 18.1 Å². The molecule has 6 heteroatoms. The molecular weight excluding hydrogens is 308 g/mol. The van der Waals surface area contributed by atoms with Crippen LogP contribution in [0.3, 0.4) is 0 Å². The lowest BCUT2D eigenvalue weighted by Gasteiger charge is -2.17. The molecule has 0 saturated carbocycles. The molecule has 1 unspecified atom stereocenters. The Morgan fingerprint density at radius 1 is 1.04 bits per heavy atom. The third kappa shape index (κ3) is 4.89. The molecule has 0 aliphatic heterocycles. The maximum atomic E-state index is 11.9. The summed E-state index contributed by atoms with van der Waals surface area (Å²) in [5.74, 6) is 1.26. The van der Waals surface area contributed by atoms with Crippen LogP contribution in [0.15, 0.2) is 48.5 Å². The van der Waals surface area contributed by atoms with Crippen LogP contribution >= 0.6 is 0 Å². The largest absolute Gasteiger partial charge is 0.493 e. The van der Waals surface area contributed by atoms with Gasteiger partial charge in [-0.05, 0) is 30.2 Å². The Labute approximate surface area is 141 Å². The van der Waals surface area contributed by atoms with E-state index in [1.807, 2.05) is 49.4 Å². The lowest BCUT2D eigenvalue weighted by atomic mass is 10.1. The van der Waals surface area contributed by atoms with Gasteiger partial charge in [0.15, 0.2) is 11.5 Å². The first-order valence-corrected chi connectivity index (χ1v) is 7.58. The van der Waals surface area contributed by atoms with Crippen molar-refractivity contribution in [3.63, 3.8) is 0 Å². The van der Waals surface area contributed by atoms with Crippen LogP contribution in [0.2, 0.25) is 0 Å². The number of hydrogen-bond acceptors (Lipinski definition) is 4. The normalized spacial score (nSPS) is 11.5. The Balaban J connectivity index is 1.85. The van der Waals surface area contributed by atoms with E-state index in [1.54, 1.807) is 20.3 Å². The number of rotatable bonds is 7. The number of nitrogens with one attached hydrogen (secondary N) is 2. The van der Waals surface area contributed by atoms with Gasteiger partial charge in [0.2, 0.25) is 0 Å². The van der Waals surface area contributed by atoms with Gasteiger partial charge in [0, 0.05) is 0 Å². The van der Waals surface area contributed by atoms with Crippen molar-refractivity contribution >= 4 is 6.03 Å². The molecule has 2 N–H and O–H groups in total. The molecule has 1 atom stereocenters. The lowest BCUT2D eigenvalue weighted by Crippen LogP contribution is -2.36. The molecule has 0 saturated heterocycles. The summed E-state index contributed by atoms with van der Waals surface area (Å²) in [4.78, 5) is 17.1. The van der Waals surface area contributed by atoms with Crippen LogP contribution in [0, 0.1) is 0 Å². The van der Waals surface area contributed by atoms with Crippen molar-refractivity contribution < 1.29 is 19.1 Å². The van der Waals surface area contributed by atoms with E-state index in [1.165, 1.54) is 0 Å². The molecule has 0 heterocycles. The maximum Gasteiger partial charge on any atom is 0.339 e. The van der Waals surface area contributed by atoms with Gasteiger partial charge in [0.05, 0.1) is 26.9 Å². The van der Waals surface area contributed by atoms with Crippen LogP contribution in [0.25, 0.3) is 0 Å². The predicted molar refractivity (Wildman–Crippen MR) is 90.9 cm³/mol. The highest BCUT2D eigenvalue weighted by molar-refractivity contribution is 5.73. The van der Waals surface area contributed by atoms with Gasteiger partial charge in [0.25, 0.3) is 0 Å². The summed E-state index contributed by atoms with van der Waals surface area (Å²) in [7, 11) is 3.15. The maximum absolute atomic E-state index is 11.9. The number of urea groups is 1. The summed E-state index contributed by atoms with van der Waals surface area (Å²) in [6.07, 6.45) is 0. The van der Waals surface area contributed by atoms with Gasteiger partial charge >= 0.3 is 6.03 Å². The highest BCUT2D eigenvalue weighted by Gasteiger charge is 2.12. The number of hydroxylamine groups is 1. The first-order valence-electron chi connectivity index (χ1n) is 7.58. The number of hydrogen-bond donors (Lipinski definition) is 2. The van der Waals surface area contributed by atoms with E-state index in [-0.39, 0.29) is 6.04 Å². The standard InChI is InChI=1S/C18H22N2O4/c1-13(15-9-10-16(22-2)17(11-15)23-3)19-18(21)20-24-12-14-7-5-4-6-8-14/h4-11,13H,12H2,1-3H3,(H2,19,20,21). The molecule has 0 aromatic heterocycles. The fourth-order valence-electron chi connectivity index (χ4n) is 2.19. The zero-order valence-electron chi connectivity index (χ0n) is 14.0. The molecule has 0 aliphatic rings. The first kappa shape index (κ1) is 17.6. The molecule has 24 heavy (non-hydrogen) atoms. The summed E-state index contributed by atoms with van der Waals surface area (Å²) in [6, 6.07) is 14.5. The minimum atomic E-state index is -0.409. The Bertz CT molecular complexity index is 661. The number of carbonyl (C=O) groups excluding carboxylic acids is 1. The first-order chi connectivity index (χ1) is 11.6. The van der Waals surface area contributed by atoms with Gasteiger partial charge in [-0.3, -0.25) is 4.84 Å². The molecule has 2 rings (SSSR count). The Morgan fingerprint density at radius 2 is 1.75 bits per heavy atom. The van der Waals surface area contributed by atoms with Crippen molar-refractivity contribution in [1.82, 2.24) is 10.8 Å². The van der Waals surface area contributed by atoms with Crippen LogP contribution in [-0.2, 0) is 11.4 Å². The van der Waals surface area contributed by atoms with Crippen molar-refractivity contribution in [2.75, 3.05) is 14.2 Å². The van der Waals surface area contributed by atoms with Crippen LogP contribution in [0.4, 0.5) is 4.79 Å². The summed E-state index contributed by atoms with van der Waals surface area (Å²) >= 11 is 0. The van der Waals surface area contributed by atoms with E-state index in [4.69, 9.17) is 14.3 Å². The Hall–Kier alpha value is -2.73. The van der Waals surface area contributed by atoms with E-state index in [0.717, 1.165) is 11.1 Å². The monoisotopic (exact) mass is 330 g/mol. The zero-order valence-corrected chi connectivity index (χ0v) is 14.0. The molecule has 2 aromatic carbocycles. The molecule has 2 aromatic rings. The number of ether oxygens (including phenoxy) is 2. The number of methoxy groups -OCH3 is 2. The summed E-state index contributed by atoms with van der Waals surface area (Å²) in [5, 5.41) is 2.80. The van der Waals surface area contributed by atoms with Crippen LogP contribution < -0.4 is 20.3 Å². The smallest absolute Gasteiger partial charge is 0.339 e. The van der Waals surface area contributed by atoms with Crippen molar-refractivity contribution in [3.05, 3.63) is 59.7 Å². The van der Waals surface area contributed by atoms with Gasteiger partial charge in [-0.15, -0.1) is 0 Å². The Kier molecular flexibility index (Phi) is 6.45. The van der Waals surface area contributed by atoms with E-state index in [2.05, 4.69) is 10.8 Å². The average Bonchev–Trinajstić information content (AvgIpc) is 2.61. The molecular formula is C18H22N2O4. The zero-order chi connectivity index (χ0) is 17.4. The molecule has 0 spiro atoms. The quantitative estimate of drug-likeness (QED) is 0.765. The summed E-state index contributed by atoms with van der Waals surface area (Å²) in [5.41, 5.74) is 4.25. The van der Waals surface area contributed by atoms with Gasteiger partial charge in [-0.2, -0.15) is 0 Å². The van der Waals surface area contributed by atoms with Gasteiger partial charge in [0.1, 0.15) is 0 Å². The van der Waals surface area contributed by atoms with Crippen molar-refractivity contribution in [2.24, 2.45) is 0 Å². The van der Waals surface area contributed by atoms with Crippen molar-refractivity contribution in [1.29, 1.82) is 0 Å². The second-order valence-electron chi connectivity index (χ2n) is 5.19. The molecule has 0 fully saturated rings. The second-order valence-corrected chi connectivity index (χ2v) is 5.19. The molecule has 0 bridgehead atoms. The van der Waals surface area contributed by atoms with Crippen molar-refractivity contribution in [2.45, 2.75) is 19.6 Å².